The number of hydrogen-bond acceptors (Lipinski definition) is 3. The van der Waals surface area contributed by atoms with Crippen molar-refractivity contribution in [1.29, 1.82) is 0 Å². The molecule has 0 spiro atoms. The van der Waals surface area contributed by atoms with Crippen LogP contribution >= 0.6 is 0 Å². The summed E-state index contributed by atoms with van der Waals surface area (Å²) in [6.45, 7) is 5.06. The first-order valence-corrected chi connectivity index (χ1v) is 4.55. The zero-order valence-corrected chi connectivity index (χ0v) is 8.76. The molecule has 0 bridgehead atoms. The van der Waals surface area contributed by atoms with Gasteiger partial charge in [0, 0.05) is 31.4 Å². The van der Waals surface area contributed by atoms with Gasteiger partial charge >= 0.3 is 0 Å². The van der Waals surface area contributed by atoms with E-state index in [9.17, 15) is 0 Å². The van der Waals surface area contributed by atoms with Crippen LogP contribution in [0.2, 0.25) is 0 Å². The molecule has 1 atom stereocenters. The highest BCUT2D eigenvalue weighted by Gasteiger charge is 2.01. The first-order chi connectivity index (χ1) is 6.13. The Kier molecular flexibility index (Phi) is 3.31. The van der Waals surface area contributed by atoms with E-state index >= 15 is 0 Å². The van der Waals surface area contributed by atoms with Crippen LogP contribution in [0.4, 0.5) is 5.82 Å². The summed E-state index contributed by atoms with van der Waals surface area (Å²) in [5.41, 5.74) is 1.17. The Labute approximate surface area is 79.3 Å². The van der Waals surface area contributed by atoms with Gasteiger partial charge in [-0.3, -0.25) is 4.68 Å². The van der Waals surface area contributed by atoms with Crippen LogP contribution in [-0.2, 0) is 7.05 Å². The Hall–Kier alpha value is -1.03. The molecule has 1 aromatic heterocycles. The van der Waals surface area contributed by atoms with Crippen molar-refractivity contribution in [2.75, 3.05) is 18.9 Å². The summed E-state index contributed by atoms with van der Waals surface area (Å²) in [4.78, 5) is 0. The van der Waals surface area contributed by atoms with E-state index in [0.29, 0.717) is 6.04 Å². The van der Waals surface area contributed by atoms with E-state index in [0.717, 1.165) is 12.4 Å². The largest absolute Gasteiger partial charge is 0.367 e. The summed E-state index contributed by atoms with van der Waals surface area (Å²) < 4.78 is 1.87. The van der Waals surface area contributed by atoms with Gasteiger partial charge in [-0.05, 0) is 20.9 Å². The maximum Gasteiger partial charge on any atom is 0.148 e. The maximum absolute atomic E-state index is 4.29. The fraction of sp³-hybridized carbons (Fsp3) is 0.667. The average Bonchev–Trinajstić information content (AvgIpc) is 2.42. The van der Waals surface area contributed by atoms with Crippen LogP contribution in [0.3, 0.4) is 0 Å². The number of aromatic nitrogens is 2. The molecule has 13 heavy (non-hydrogen) atoms. The van der Waals surface area contributed by atoms with Crippen molar-refractivity contribution in [3.05, 3.63) is 11.8 Å². The molecule has 0 aliphatic carbocycles. The molecule has 74 valence electrons. The smallest absolute Gasteiger partial charge is 0.148 e. The van der Waals surface area contributed by atoms with Gasteiger partial charge < -0.3 is 10.6 Å². The lowest BCUT2D eigenvalue weighted by Crippen LogP contribution is -2.29. The molecule has 0 aliphatic rings. The summed E-state index contributed by atoms with van der Waals surface area (Å²) in [6.07, 6.45) is 0. The Morgan fingerprint density at radius 3 is 2.77 bits per heavy atom. The summed E-state index contributed by atoms with van der Waals surface area (Å²) in [7, 11) is 3.90. The second-order valence-corrected chi connectivity index (χ2v) is 3.37. The van der Waals surface area contributed by atoms with Gasteiger partial charge in [-0.25, -0.2) is 0 Å². The predicted molar refractivity (Wildman–Crippen MR) is 55.0 cm³/mol. The van der Waals surface area contributed by atoms with Gasteiger partial charge in [-0.1, -0.05) is 0 Å². The molecule has 2 N–H and O–H groups in total. The van der Waals surface area contributed by atoms with Crippen molar-refractivity contribution >= 4 is 5.82 Å². The van der Waals surface area contributed by atoms with Gasteiger partial charge in [0.1, 0.15) is 5.82 Å². The quantitative estimate of drug-likeness (QED) is 0.722. The van der Waals surface area contributed by atoms with E-state index in [4.69, 9.17) is 0 Å². The van der Waals surface area contributed by atoms with Crippen LogP contribution in [-0.4, -0.2) is 29.4 Å². The van der Waals surface area contributed by atoms with Crippen molar-refractivity contribution in [1.82, 2.24) is 15.1 Å². The van der Waals surface area contributed by atoms with Gasteiger partial charge in [0.15, 0.2) is 0 Å². The molecule has 4 heteroatoms. The van der Waals surface area contributed by atoms with Crippen LogP contribution < -0.4 is 10.6 Å². The topological polar surface area (TPSA) is 41.9 Å². The van der Waals surface area contributed by atoms with Crippen LogP contribution in [0.5, 0.6) is 0 Å². The number of anilines is 1. The molecule has 0 radical (unpaired) electrons. The summed E-state index contributed by atoms with van der Waals surface area (Å²) >= 11 is 0. The molecular formula is C9H18N4. The lowest BCUT2D eigenvalue weighted by Gasteiger charge is -2.09. The van der Waals surface area contributed by atoms with E-state index in [1.54, 1.807) is 0 Å². The fourth-order valence-electron chi connectivity index (χ4n) is 1.01. The minimum atomic E-state index is 0.460. The zero-order chi connectivity index (χ0) is 9.84. The number of aryl methyl sites for hydroxylation is 2. The van der Waals surface area contributed by atoms with E-state index in [1.807, 2.05) is 31.8 Å². The highest BCUT2D eigenvalue weighted by molar-refractivity contribution is 5.35. The minimum absolute atomic E-state index is 0.460. The third-order valence-corrected chi connectivity index (χ3v) is 2.20. The molecule has 1 unspecified atom stereocenters. The normalized spacial score (nSPS) is 12.9. The number of rotatable bonds is 4. The predicted octanol–water partition coefficient (Wildman–Crippen LogP) is 0.748. The molecule has 0 saturated heterocycles. The molecule has 1 aromatic rings. The van der Waals surface area contributed by atoms with Crippen molar-refractivity contribution in [3.8, 4) is 0 Å². The minimum Gasteiger partial charge on any atom is -0.367 e. The van der Waals surface area contributed by atoms with Gasteiger partial charge in [0.05, 0.1) is 0 Å². The number of nitrogens with zero attached hydrogens (tertiary/aromatic N) is 2. The molecular weight excluding hydrogens is 164 g/mol. The average molecular weight is 182 g/mol. The number of likely N-dealkylation sites (N-methyl/N-ethyl adjacent to an activating group) is 1. The molecule has 0 saturated carbocycles. The van der Waals surface area contributed by atoms with Crippen molar-refractivity contribution in [3.63, 3.8) is 0 Å². The SMILES string of the molecule is CNC(C)CNc1cc(C)n(C)n1. The fourth-order valence-corrected chi connectivity index (χ4v) is 1.01. The zero-order valence-electron chi connectivity index (χ0n) is 8.76. The van der Waals surface area contributed by atoms with Crippen LogP contribution in [0.25, 0.3) is 0 Å². The molecule has 0 fully saturated rings. The lowest BCUT2D eigenvalue weighted by molar-refractivity contribution is 0.635. The van der Waals surface area contributed by atoms with E-state index in [1.165, 1.54) is 5.69 Å². The van der Waals surface area contributed by atoms with E-state index in [-0.39, 0.29) is 0 Å². The van der Waals surface area contributed by atoms with Crippen molar-refractivity contribution in [2.45, 2.75) is 19.9 Å². The Morgan fingerprint density at radius 1 is 1.62 bits per heavy atom. The van der Waals surface area contributed by atoms with Gasteiger partial charge in [-0.15, -0.1) is 0 Å². The second-order valence-electron chi connectivity index (χ2n) is 3.37. The summed E-state index contributed by atoms with van der Waals surface area (Å²) in [6, 6.07) is 2.50. The van der Waals surface area contributed by atoms with Crippen LogP contribution in [0, 0.1) is 6.92 Å². The Balaban J connectivity index is 2.45. The Morgan fingerprint density at radius 2 is 2.31 bits per heavy atom. The standard InChI is InChI=1S/C9H18N4/c1-7(10-3)6-11-9-5-8(2)13(4)12-9/h5,7,10H,6H2,1-4H3,(H,11,12). The molecule has 1 rings (SSSR count). The van der Waals surface area contributed by atoms with Crippen molar-refractivity contribution < 1.29 is 0 Å². The molecule has 0 amide bonds. The molecule has 4 nitrogen and oxygen atoms in total. The highest BCUT2D eigenvalue weighted by atomic mass is 15.3. The van der Waals surface area contributed by atoms with Crippen molar-refractivity contribution in [2.24, 2.45) is 7.05 Å². The second kappa shape index (κ2) is 4.28. The molecule has 0 aliphatic heterocycles. The number of hydrogen-bond donors (Lipinski definition) is 2. The number of nitrogens with one attached hydrogen (secondary N) is 2. The van der Waals surface area contributed by atoms with Crippen LogP contribution in [0.15, 0.2) is 6.07 Å². The molecule has 0 aromatic carbocycles. The maximum atomic E-state index is 4.29. The van der Waals surface area contributed by atoms with E-state index < -0.39 is 0 Å². The monoisotopic (exact) mass is 182 g/mol. The lowest BCUT2D eigenvalue weighted by atomic mass is 10.3. The third kappa shape index (κ3) is 2.73. The van der Waals surface area contributed by atoms with Gasteiger partial charge in [0.25, 0.3) is 0 Å². The van der Waals surface area contributed by atoms with Crippen LogP contribution in [0.1, 0.15) is 12.6 Å². The Bertz CT molecular complexity index is 247. The summed E-state index contributed by atoms with van der Waals surface area (Å²) in [5.74, 6) is 0.946. The third-order valence-electron chi connectivity index (χ3n) is 2.20. The van der Waals surface area contributed by atoms with E-state index in [2.05, 4.69) is 22.7 Å². The highest BCUT2D eigenvalue weighted by Crippen LogP contribution is 2.06. The van der Waals surface area contributed by atoms with Gasteiger partial charge in [0.2, 0.25) is 0 Å². The van der Waals surface area contributed by atoms with Gasteiger partial charge in [-0.2, -0.15) is 5.10 Å². The first kappa shape index (κ1) is 10.1. The summed E-state index contributed by atoms with van der Waals surface area (Å²) in [5, 5.41) is 10.7. The first-order valence-electron chi connectivity index (χ1n) is 4.55. The molecule has 1 heterocycles.